The second kappa shape index (κ2) is 5.33. The summed E-state index contributed by atoms with van der Waals surface area (Å²) in [5, 5.41) is 4.15. The molecule has 110 valence electrons. The first-order valence-corrected chi connectivity index (χ1v) is 7.24. The number of nitrogens with one attached hydrogen (secondary N) is 2. The zero-order chi connectivity index (χ0) is 15.0. The second-order valence-corrected chi connectivity index (χ2v) is 5.57. The van der Waals surface area contributed by atoms with Gasteiger partial charge in [0.1, 0.15) is 0 Å². The Balaban J connectivity index is 2.07. The Bertz CT molecular complexity index is 738. The van der Waals surface area contributed by atoms with Crippen LogP contribution in [-0.2, 0) is 0 Å². The van der Waals surface area contributed by atoms with Crippen LogP contribution in [0.25, 0.3) is 10.9 Å². The molecule has 2 atom stereocenters. The lowest BCUT2D eigenvalue weighted by atomic mass is 10.0. The number of fused-ring (bicyclic) bond motifs is 1. The van der Waals surface area contributed by atoms with Crippen molar-refractivity contribution in [2.75, 3.05) is 13.1 Å². The zero-order valence-corrected chi connectivity index (χ0v) is 12.2. The van der Waals surface area contributed by atoms with Gasteiger partial charge in [0.25, 0.3) is 5.91 Å². The minimum Gasteiger partial charge on any atom is -0.333 e. The number of hydrogen-bond donors (Lipinski definition) is 2. The van der Waals surface area contributed by atoms with Crippen LogP contribution in [0.1, 0.15) is 24.2 Å². The number of benzene rings is 1. The van der Waals surface area contributed by atoms with Crippen LogP contribution in [0.4, 0.5) is 0 Å². The third-order valence-electron chi connectivity index (χ3n) is 4.28. The molecule has 2 aromatic rings. The van der Waals surface area contributed by atoms with Crippen molar-refractivity contribution >= 4 is 16.8 Å². The smallest absolute Gasteiger partial charge is 0.255 e. The van der Waals surface area contributed by atoms with Gasteiger partial charge in [0.2, 0.25) is 5.56 Å². The molecule has 0 aliphatic carbocycles. The molecule has 0 bridgehead atoms. The van der Waals surface area contributed by atoms with Crippen LogP contribution < -0.4 is 10.9 Å². The minimum absolute atomic E-state index is 0.0712. The summed E-state index contributed by atoms with van der Waals surface area (Å²) in [5.41, 5.74) is 0.937. The monoisotopic (exact) mass is 285 g/mol. The summed E-state index contributed by atoms with van der Waals surface area (Å²) in [4.78, 5) is 29.3. The molecule has 1 amide bonds. The molecule has 5 heteroatoms. The first-order valence-electron chi connectivity index (χ1n) is 7.24. The first kappa shape index (κ1) is 13.8. The summed E-state index contributed by atoms with van der Waals surface area (Å²) >= 11 is 0. The molecule has 1 aliphatic heterocycles. The molecule has 3 rings (SSSR count). The molecule has 5 nitrogen and oxygen atoms in total. The molecule has 2 unspecified atom stereocenters. The van der Waals surface area contributed by atoms with Crippen molar-refractivity contribution in [3.05, 3.63) is 46.2 Å². The van der Waals surface area contributed by atoms with Gasteiger partial charge in [-0.1, -0.05) is 18.2 Å². The third-order valence-corrected chi connectivity index (χ3v) is 4.28. The van der Waals surface area contributed by atoms with Crippen molar-refractivity contribution < 1.29 is 4.79 Å². The van der Waals surface area contributed by atoms with Crippen molar-refractivity contribution in [3.63, 3.8) is 0 Å². The van der Waals surface area contributed by atoms with Crippen LogP contribution in [-0.4, -0.2) is 41.0 Å². The summed E-state index contributed by atoms with van der Waals surface area (Å²) in [5.74, 6) is -0.0712. The van der Waals surface area contributed by atoms with Gasteiger partial charge in [0.15, 0.2) is 0 Å². The van der Waals surface area contributed by atoms with Gasteiger partial charge >= 0.3 is 0 Å². The number of hydrogen-bond acceptors (Lipinski definition) is 3. The van der Waals surface area contributed by atoms with E-state index >= 15 is 0 Å². The predicted molar refractivity (Wildman–Crippen MR) is 82.5 cm³/mol. The van der Waals surface area contributed by atoms with Gasteiger partial charge in [-0.15, -0.1) is 0 Å². The van der Waals surface area contributed by atoms with Crippen molar-refractivity contribution in [1.82, 2.24) is 15.2 Å². The van der Waals surface area contributed by atoms with Gasteiger partial charge in [-0.05, 0) is 19.9 Å². The van der Waals surface area contributed by atoms with Crippen LogP contribution in [0.5, 0.6) is 0 Å². The normalized spacial score (nSPS) is 22.5. The van der Waals surface area contributed by atoms with E-state index in [2.05, 4.69) is 17.2 Å². The maximum Gasteiger partial charge on any atom is 0.255 e. The number of carbonyl (C=O) groups is 1. The molecular weight excluding hydrogens is 266 g/mol. The molecule has 1 fully saturated rings. The Labute approximate surface area is 123 Å². The highest BCUT2D eigenvalue weighted by Crippen LogP contribution is 2.19. The number of H-pyrrole nitrogens is 1. The van der Waals surface area contributed by atoms with Gasteiger partial charge in [0.05, 0.1) is 5.56 Å². The predicted octanol–water partition coefficient (Wildman–Crippen LogP) is 1.35. The molecule has 0 saturated carbocycles. The van der Waals surface area contributed by atoms with Gasteiger partial charge < -0.3 is 15.2 Å². The van der Waals surface area contributed by atoms with Gasteiger partial charge in [-0.25, -0.2) is 0 Å². The Morgan fingerprint density at radius 2 is 2.05 bits per heavy atom. The number of rotatable bonds is 1. The van der Waals surface area contributed by atoms with Gasteiger partial charge in [-0.2, -0.15) is 0 Å². The fraction of sp³-hybridized carbons (Fsp3) is 0.375. The van der Waals surface area contributed by atoms with Crippen molar-refractivity contribution in [2.45, 2.75) is 25.9 Å². The average Bonchev–Trinajstić information content (AvgIpc) is 2.48. The lowest BCUT2D eigenvalue weighted by Gasteiger charge is -2.38. The van der Waals surface area contributed by atoms with Crippen LogP contribution in [0, 0.1) is 0 Å². The number of carbonyl (C=O) groups excluding carboxylic acids is 1. The van der Waals surface area contributed by atoms with E-state index in [0.29, 0.717) is 17.6 Å². The van der Waals surface area contributed by atoms with Crippen molar-refractivity contribution in [3.8, 4) is 0 Å². The molecule has 1 aliphatic rings. The Kier molecular flexibility index (Phi) is 3.51. The molecule has 0 radical (unpaired) electrons. The van der Waals surface area contributed by atoms with Crippen LogP contribution in [0.15, 0.2) is 35.1 Å². The highest BCUT2D eigenvalue weighted by Gasteiger charge is 2.29. The first-order chi connectivity index (χ1) is 10.1. The molecule has 2 heterocycles. The number of nitrogens with zero attached hydrogens (tertiary/aromatic N) is 1. The zero-order valence-electron chi connectivity index (χ0n) is 12.2. The molecule has 1 aromatic carbocycles. The number of piperazine rings is 1. The molecule has 1 aromatic heterocycles. The van der Waals surface area contributed by atoms with E-state index < -0.39 is 0 Å². The summed E-state index contributed by atoms with van der Waals surface area (Å²) in [7, 11) is 0. The molecule has 2 N–H and O–H groups in total. The van der Waals surface area contributed by atoms with Crippen LogP contribution in [0.3, 0.4) is 0 Å². The van der Waals surface area contributed by atoms with E-state index in [0.717, 1.165) is 11.9 Å². The Morgan fingerprint density at radius 1 is 1.29 bits per heavy atom. The SMILES string of the molecule is CC1NCCN(C(=O)c2cc(=O)[nH]c3ccccc23)C1C. The molecular formula is C16H19N3O2. The quantitative estimate of drug-likeness (QED) is 0.831. The molecule has 21 heavy (non-hydrogen) atoms. The highest BCUT2D eigenvalue weighted by atomic mass is 16.2. The lowest BCUT2D eigenvalue weighted by molar-refractivity contribution is 0.0605. The number of para-hydroxylation sites is 1. The van der Waals surface area contributed by atoms with Gasteiger partial charge in [0, 0.05) is 42.1 Å². The Hall–Kier alpha value is -2.14. The van der Waals surface area contributed by atoms with Crippen LogP contribution in [0.2, 0.25) is 0 Å². The van der Waals surface area contributed by atoms with Gasteiger partial charge in [-0.3, -0.25) is 9.59 Å². The fourth-order valence-corrected chi connectivity index (χ4v) is 2.88. The van der Waals surface area contributed by atoms with E-state index in [-0.39, 0.29) is 23.6 Å². The standard InChI is InChI=1S/C16H19N3O2/c1-10-11(2)19(8-7-17-10)16(21)13-9-15(20)18-14-6-4-3-5-12(13)14/h3-6,9-11,17H,7-8H2,1-2H3,(H,18,20). The van der Waals surface area contributed by atoms with Crippen molar-refractivity contribution in [2.24, 2.45) is 0 Å². The van der Waals surface area contributed by atoms with E-state index in [9.17, 15) is 9.59 Å². The number of pyridine rings is 1. The average molecular weight is 285 g/mol. The Morgan fingerprint density at radius 3 is 2.86 bits per heavy atom. The molecule has 1 saturated heterocycles. The van der Waals surface area contributed by atoms with E-state index in [1.165, 1.54) is 6.07 Å². The lowest BCUT2D eigenvalue weighted by Crippen LogP contribution is -2.57. The molecule has 0 spiro atoms. The van der Waals surface area contributed by atoms with E-state index in [4.69, 9.17) is 0 Å². The third kappa shape index (κ3) is 2.45. The van der Waals surface area contributed by atoms with Crippen LogP contribution >= 0.6 is 0 Å². The number of aromatic nitrogens is 1. The fourth-order valence-electron chi connectivity index (χ4n) is 2.88. The maximum atomic E-state index is 12.9. The topological polar surface area (TPSA) is 65.2 Å². The second-order valence-electron chi connectivity index (χ2n) is 5.57. The highest BCUT2D eigenvalue weighted by molar-refractivity contribution is 6.06. The summed E-state index contributed by atoms with van der Waals surface area (Å²) < 4.78 is 0. The largest absolute Gasteiger partial charge is 0.333 e. The summed E-state index contributed by atoms with van der Waals surface area (Å²) in [6.07, 6.45) is 0. The maximum absolute atomic E-state index is 12.9. The number of aromatic amines is 1. The van der Waals surface area contributed by atoms with E-state index in [1.807, 2.05) is 36.1 Å². The summed E-state index contributed by atoms with van der Waals surface area (Å²) in [6.45, 7) is 5.54. The van der Waals surface area contributed by atoms with Crippen molar-refractivity contribution in [1.29, 1.82) is 0 Å². The summed E-state index contributed by atoms with van der Waals surface area (Å²) in [6, 6.07) is 9.17. The van der Waals surface area contributed by atoms with E-state index in [1.54, 1.807) is 0 Å². The minimum atomic E-state index is -0.243. The number of amides is 1.